The third-order valence-electron chi connectivity index (χ3n) is 1.89. The van der Waals surface area contributed by atoms with Crippen LogP contribution in [0, 0.1) is 37.0 Å². The molecule has 0 aliphatic heterocycles. The molecular weight excluding hydrogens is 410 g/mol. The van der Waals surface area contributed by atoms with Gasteiger partial charge in [-0.2, -0.15) is 0 Å². The van der Waals surface area contributed by atoms with Crippen LogP contribution in [0.1, 0.15) is 73.1 Å². The van der Waals surface area contributed by atoms with Crippen molar-refractivity contribution >= 4 is 0 Å². The predicted octanol–water partition coefficient (Wildman–Crippen LogP) is 4.64. The van der Waals surface area contributed by atoms with Crippen LogP contribution in [0.15, 0.2) is 0 Å². The summed E-state index contributed by atoms with van der Waals surface area (Å²) >= 11 is 0. The molecular formula is C13H32OU. The maximum absolute atomic E-state index is 7.00. The second-order valence-corrected chi connectivity index (χ2v) is 3.45. The average molecular weight is 442 g/mol. The van der Waals surface area contributed by atoms with Gasteiger partial charge in [-0.1, -0.05) is 73.1 Å². The molecule has 1 saturated carbocycles. The van der Waals surface area contributed by atoms with Crippen molar-refractivity contribution in [2.45, 2.75) is 73.1 Å². The van der Waals surface area contributed by atoms with Crippen molar-refractivity contribution in [1.82, 2.24) is 0 Å². The van der Waals surface area contributed by atoms with E-state index in [0.717, 1.165) is 13.0 Å². The van der Waals surface area contributed by atoms with Gasteiger partial charge in [0, 0.05) is 38.2 Å². The molecule has 1 rings (SSSR count). The fourth-order valence-electron chi connectivity index (χ4n) is 1.31. The van der Waals surface area contributed by atoms with E-state index in [1.54, 1.807) is 0 Å². The standard InChI is InChI=1S/C7H14.C3H8.C2H6.CH4O.U/c1-7-5-3-2-4-6-7;1-3-2;2*1-2;/h7H,2-6H2,1H3;3H2,1-2H3;1-2H3;2H,1H3;. The molecule has 1 aliphatic rings. The molecule has 0 unspecified atom stereocenters. The van der Waals surface area contributed by atoms with Crippen LogP contribution < -0.4 is 0 Å². The Balaban J connectivity index is -0.0000000658. The zero-order valence-electron chi connectivity index (χ0n) is 11.8. The summed E-state index contributed by atoms with van der Waals surface area (Å²) in [7, 11) is 1.00. The number of aliphatic hydroxyl groups excluding tert-OH is 1. The van der Waals surface area contributed by atoms with Crippen molar-refractivity contribution < 1.29 is 36.2 Å². The molecule has 0 atom stereocenters. The van der Waals surface area contributed by atoms with Gasteiger partial charge >= 0.3 is 0 Å². The molecule has 0 heterocycles. The molecule has 0 aromatic rings. The Labute approximate surface area is 122 Å². The maximum Gasteiger partial charge on any atom is 0.0319 e. The number of aliphatic hydroxyl groups is 1. The summed E-state index contributed by atoms with van der Waals surface area (Å²) in [6.07, 6.45) is 8.69. The van der Waals surface area contributed by atoms with Crippen LogP contribution in [0.5, 0.6) is 0 Å². The summed E-state index contributed by atoms with van der Waals surface area (Å²) in [5.74, 6) is 1.04. The van der Waals surface area contributed by atoms with E-state index in [-0.39, 0.29) is 31.1 Å². The summed E-state index contributed by atoms with van der Waals surface area (Å²) in [5, 5.41) is 7.00. The summed E-state index contributed by atoms with van der Waals surface area (Å²) in [6, 6.07) is 0. The van der Waals surface area contributed by atoms with Gasteiger partial charge in [-0.05, 0) is 5.92 Å². The first-order valence-corrected chi connectivity index (χ1v) is 6.26. The Bertz CT molecular complexity index is 61.6. The van der Waals surface area contributed by atoms with Crippen LogP contribution >= 0.6 is 0 Å². The van der Waals surface area contributed by atoms with Crippen LogP contribution in [0.4, 0.5) is 0 Å². The van der Waals surface area contributed by atoms with E-state index in [4.69, 9.17) is 5.11 Å². The molecule has 0 bridgehead atoms. The van der Waals surface area contributed by atoms with E-state index in [1.165, 1.54) is 38.5 Å². The smallest absolute Gasteiger partial charge is 0.0319 e. The quantitative estimate of drug-likeness (QED) is 0.580. The zero-order chi connectivity index (χ0) is 11.8. The fourth-order valence-corrected chi connectivity index (χ4v) is 1.31. The van der Waals surface area contributed by atoms with E-state index in [2.05, 4.69) is 20.8 Å². The second kappa shape index (κ2) is 29.4. The molecule has 0 radical (unpaired) electrons. The molecule has 15 heavy (non-hydrogen) atoms. The summed E-state index contributed by atoms with van der Waals surface area (Å²) < 4.78 is 0. The van der Waals surface area contributed by atoms with E-state index >= 15 is 0 Å². The maximum atomic E-state index is 7.00. The Morgan fingerprint density at radius 3 is 1.33 bits per heavy atom. The number of rotatable bonds is 0. The van der Waals surface area contributed by atoms with Crippen molar-refractivity contribution in [1.29, 1.82) is 0 Å². The molecule has 0 amide bonds. The molecule has 1 aliphatic carbocycles. The minimum Gasteiger partial charge on any atom is -0.400 e. The fraction of sp³-hybridized carbons (Fsp3) is 1.00. The molecule has 1 fully saturated rings. The van der Waals surface area contributed by atoms with Crippen LogP contribution in [-0.2, 0) is 0 Å². The predicted molar refractivity (Wildman–Crippen MR) is 67.7 cm³/mol. The van der Waals surface area contributed by atoms with Crippen molar-refractivity contribution in [3.63, 3.8) is 0 Å². The van der Waals surface area contributed by atoms with Crippen molar-refractivity contribution in [2.75, 3.05) is 7.11 Å². The van der Waals surface area contributed by atoms with Gasteiger partial charge < -0.3 is 5.11 Å². The average Bonchev–Trinajstić information content (AvgIpc) is 2.26. The first-order valence-electron chi connectivity index (χ1n) is 6.26. The van der Waals surface area contributed by atoms with Gasteiger partial charge in [-0.3, -0.25) is 0 Å². The topological polar surface area (TPSA) is 20.2 Å². The van der Waals surface area contributed by atoms with E-state index in [1.807, 2.05) is 13.8 Å². The second-order valence-electron chi connectivity index (χ2n) is 3.45. The van der Waals surface area contributed by atoms with E-state index in [0.29, 0.717) is 0 Å². The van der Waals surface area contributed by atoms with E-state index < -0.39 is 0 Å². The molecule has 0 aromatic heterocycles. The minimum absolute atomic E-state index is 0. The van der Waals surface area contributed by atoms with Gasteiger partial charge in [-0.25, -0.2) is 0 Å². The van der Waals surface area contributed by atoms with Gasteiger partial charge in [0.1, 0.15) is 0 Å². The molecule has 2 heteroatoms. The van der Waals surface area contributed by atoms with Crippen LogP contribution in [0.3, 0.4) is 0 Å². The Kier molecular flexibility index (Phi) is 49.0. The number of hydrogen-bond acceptors (Lipinski definition) is 1. The summed E-state index contributed by atoms with van der Waals surface area (Å²) in [6.45, 7) is 10.6. The van der Waals surface area contributed by atoms with Crippen molar-refractivity contribution in [2.24, 2.45) is 5.92 Å². The summed E-state index contributed by atoms with van der Waals surface area (Å²) in [4.78, 5) is 0. The van der Waals surface area contributed by atoms with Crippen molar-refractivity contribution in [3.8, 4) is 0 Å². The van der Waals surface area contributed by atoms with Crippen LogP contribution in [0.25, 0.3) is 0 Å². The Hall–Kier alpha value is 1.01. The first-order chi connectivity index (χ1) is 6.81. The zero-order valence-corrected chi connectivity index (χ0v) is 15.9. The van der Waals surface area contributed by atoms with Crippen LogP contribution in [-0.4, -0.2) is 12.2 Å². The molecule has 0 spiro atoms. The summed E-state index contributed by atoms with van der Waals surface area (Å²) in [5.41, 5.74) is 0. The van der Waals surface area contributed by atoms with Gasteiger partial charge in [0.2, 0.25) is 0 Å². The molecule has 0 saturated heterocycles. The first kappa shape index (κ1) is 25.0. The monoisotopic (exact) mass is 442 g/mol. The molecule has 1 nitrogen and oxygen atoms in total. The number of hydrogen-bond donors (Lipinski definition) is 1. The Morgan fingerprint density at radius 1 is 0.933 bits per heavy atom. The normalized spacial score (nSPS) is 13.8. The van der Waals surface area contributed by atoms with E-state index in [9.17, 15) is 0 Å². The Morgan fingerprint density at radius 2 is 1.20 bits per heavy atom. The minimum atomic E-state index is 0. The molecule has 0 aromatic carbocycles. The van der Waals surface area contributed by atoms with Crippen LogP contribution in [0.2, 0.25) is 0 Å². The van der Waals surface area contributed by atoms with Gasteiger partial charge in [-0.15, -0.1) is 0 Å². The van der Waals surface area contributed by atoms with Gasteiger partial charge in [0.15, 0.2) is 0 Å². The largest absolute Gasteiger partial charge is 0.400 e. The third-order valence-corrected chi connectivity index (χ3v) is 1.89. The third kappa shape index (κ3) is 31.3. The van der Waals surface area contributed by atoms with Gasteiger partial charge in [0.25, 0.3) is 0 Å². The van der Waals surface area contributed by atoms with Crippen molar-refractivity contribution in [3.05, 3.63) is 0 Å². The molecule has 1 N–H and O–H groups in total. The molecule has 94 valence electrons. The SMILES string of the molecule is CC.CC1CCCCC1.CCC.CO.[U]. The van der Waals surface area contributed by atoms with Gasteiger partial charge in [0.05, 0.1) is 0 Å².